The Morgan fingerprint density at radius 1 is 1.27 bits per heavy atom. The topological polar surface area (TPSA) is 43.4 Å². The van der Waals surface area contributed by atoms with E-state index in [2.05, 4.69) is 0 Å². The molecule has 1 aliphatic carbocycles. The zero-order valence-corrected chi connectivity index (χ0v) is 6.38. The number of ketones is 2. The minimum Gasteiger partial charge on any atom is -0.492 e. The Kier molecular flexibility index (Phi) is 1.89. The van der Waals surface area contributed by atoms with E-state index in [0.29, 0.717) is 5.57 Å². The van der Waals surface area contributed by atoms with Crippen LogP contribution < -0.4 is 0 Å². The van der Waals surface area contributed by atoms with Crippen LogP contribution in [0.1, 0.15) is 6.92 Å². The minimum atomic E-state index is -0.562. The number of hydrogen-bond donors (Lipinski definition) is 0. The highest BCUT2D eigenvalue weighted by molar-refractivity contribution is 6.47. The molecule has 0 spiro atoms. The summed E-state index contributed by atoms with van der Waals surface area (Å²) in [6.45, 7) is 1.72. The van der Waals surface area contributed by atoms with Gasteiger partial charge >= 0.3 is 0 Å². The van der Waals surface area contributed by atoms with Crippen LogP contribution >= 0.6 is 0 Å². The lowest BCUT2D eigenvalue weighted by Gasteiger charge is -2.08. The van der Waals surface area contributed by atoms with Crippen LogP contribution in [0, 0.1) is 0 Å². The molecule has 0 saturated heterocycles. The first-order chi connectivity index (χ1) is 5.16. The van der Waals surface area contributed by atoms with Crippen LogP contribution in [-0.4, -0.2) is 18.7 Å². The van der Waals surface area contributed by atoms with E-state index in [0.717, 1.165) is 0 Å². The minimum absolute atomic E-state index is 0.150. The standard InChI is InChI=1S/C8H8O3/c1-5-3-4-6(9)7(10)8(5)11-2/h3-4H,1-2H3. The Morgan fingerprint density at radius 2 is 1.91 bits per heavy atom. The van der Waals surface area contributed by atoms with Gasteiger partial charge in [0, 0.05) is 0 Å². The second kappa shape index (κ2) is 2.70. The lowest BCUT2D eigenvalue weighted by atomic mass is 10.0. The molecule has 1 rings (SSSR count). The van der Waals surface area contributed by atoms with E-state index in [4.69, 9.17) is 4.74 Å². The van der Waals surface area contributed by atoms with Gasteiger partial charge in [0.05, 0.1) is 7.11 Å². The molecule has 58 valence electrons. The molecule has 0 unspecified atom stereocenters. The summed E-state index contributed by atoms with van der Waals surface area (Å²) in [5.41, 5.74) is 0.692. The fourth-order valence-electron chi connectivity index (χ4n) is 0.897. The lowest BCUT2D eigenvalue weighted by molar-refractivity contribution is -0.133. The average molecular weight is 152 g/mol. The SMILES string of the molecule is COC1=C(C)C=CC(=O)C1=O. The van der Waals surface area contributed by atoms with Crippen molar-refractivity contribution in [2.75, 3.05) is 7.11 Å². The molecule has 11 heavy (non-hydrogen) atoms. The highest BCUT2D eigenvalue weighted by atomic mass is 16.5. The monoisotopic (exact) mass is 152 g/mol. The first kappa shape index (κ1) is 7.72. The summed E-state index contributed by atoms with van der Waals surface area (Å²) in [6, 6.07) is 0. The quantitative estimate of drug-likeness (QED) is 0.408. The molecule has 0 aromatic carbocycles. The number of Topliss-reactive ketones (excluding diaryl/α,β-unsaturated/α-hetero) is 1. The van der Waals surface area contributed by atoms with Gasteiger partial charge in [-0.15, -0.1) is 0 Å². The maximum absolute atomic E-state index is 11.0. The van der Waals surface area contributed by atoms with Crippen molar-refractivity contribution in [3.05, 3.63) is 23.5 Å². The molecule has 0 N–H and O–H groups in total. The van der Waals surface area contributed by atoms with Gasteiger partial charge in [-0.2, -0.15) is 0 Å². The Hall–Kier alpha value is -1.38. The highest BCUT2D eigenvalue weighted by Crippen LogP contribution is 2.13. The summed E-state index contributed by atoms with van der Waals surface area (Å²) in [5.74, 6) is -0.933. The van der Waals surface area contributed by atoms with Crippen LogP contribution in [0.2, 0.25) is 0 Å². The highest BCUT2D eigenvalue weighted by Gasteiger charge is 2.22. The van der Waals surface area contributed by atoms with Crippen molar-refractivity contribution in [1.82, 2.24) is 0 Å². The molecule has 0 heterocycles. The Balaban J connectivity index is 3.09. The van der Waals surface area contributed by atoms with Crippen molar-refractivity contribution in [1.29, 1.82) is 0 Å². The van der Waals surface area contributed by atoms with Crippen molar-refractivity contribution >= 4 is 11.6 Å². The maximum Gasteiger partial charge on any atom is 0.267 e. The van der Waals surface area contributed by atoms with Crippen LogP contribution in [0.4, 0.5) is 0 Å². The van der Waals surface area contributed by atoms with E-state index in [-0.39, 0.29) is 5.76 Å². The fraction of sp³-hybridized carbons (Fsp3) is 0.250. The zero-order chi connectivity index (χ0) is 8.43. The number of carbonyl (C=O) groups is 2. The molecule has 3 nitrogen and oxygen atoms in total. The molecule has 3 heteroatoms. The van der Waals surface area contributed by atoms with Gasteiger partial charge in [0.25, 0.3) is 5.78 Å². The zero-order valence-electron chi connectivity index (χ0n) is 6.38. The molecule has 0 aliphatic heterocycles. The van der Waals surface area contributed by atoms with E-state index in [1.807, 2.05) is 0 Å². The Morgan fingerprint density at radius 3 is 2.36 bits per heavy atom. The van der Waals surface area contributed by atoms with Crippen molar-refractivity contribution in [3.63, 3.8) is 0 Å². The molecule has 0 atom stereocenters. The van der Waals surface area contributed by atoms with Gasteiger partial charge in [-0.05, 0) is 18.6 Å². The Labute approximate surface area is 64.3 Å². The summed E-state index contributed by atoms with van der Waals surface area (Å²) in [4.78, 5) is 21.7. The van der Waals surface area contributed by atoms with Crippen molar-refractivity contribution in [2.45, 2.75) is 6.92 Å². The van der Waals surface area contributed by atoms with Gasteiger partial charge in [0.1, 0.15) is 0 Å². The number of methoxy groups -OCH3 is 1. The third kappa shape index (κ3) is 1.22. The van der Waals surface area contributed by atoms with Crippen molar-refractivity contribution in [2.24, 2.45) is 0 Å². The number of hydrogen-bond acceptors (Lipinski definition) is 3. The molecule has 0 radical (unpaired) electrons. The molecule has 0 bridgehead atoms. The number of carbonyl (C=O) groups excluding carboxylic acids is 2. The van der Waals surface area contributed by atoms with Crippen LogP contribution in [-0.2, 0) is 14.3 Å². The fourth-order valence-corrected chi connectivity index (χ4v) is 0.897. The summed E-state index contributed by atoms with van der Waals surface area (Å²) >= 11 is 0. The second-order valence-corrected chi connectivity index (χ2v) is 2.24. The van der Waals surface area contributed by atoms with Gasteiger partial charge in [0.2, 0.25) is 5.78 Å². The van der Waals surface area contributed by atoms with Gasteiger partial charge in [-0.25, -0.2) is 0 Å². The molecule has 0 amide bonds. The van der Waals surface area contributed by atoms with Crippen LogP contribution in [0.25, 0.3) is 0 Å². The summed E-state index contributed by atoms with van der Waals surface area (Å²) in [7, 11) is 1.38. The van der Waals surface area contributed by atoms with Crippen LogP contribution in [0.3, 0.4) is 0 Å². The van der Waals surface area contributed by atoms with Crippen molar-refractivity contribution < 1.29 is 14.3 Å². The maximum atomic E-state index is 11.0. The molecule has 0 aromatic rings. The first-order valence-corrected chi connectivity index (χ1v) is 3.18. The second-order valence-electron chi connectivity index (χ2n) is 2.24. The summed E-state index contributed by atoms with van der Waals surface area (Å²) < 4.78 is 4.74. The summed E-state index contributed by atoms with van der Waals surface area (Å²) in [6.07, 6.45) is 2.82. The third-order valence-electron chi connectivity index (χ3n) is 1.48. The average Bonchev–Trinajstić information content (AvgIpc) is 1.99. The van der Waals surface area contributed by atoms with Gasteiger partial charge in [-0.3, -0.25) is 9.59 Å². The predicted molar refractivity (Wildman–Crippen MR) is 38.9 cm³/mol. The molecular formula is C8H8O3. The molecule has 0 fully saturated rings. The molecular weight excluding hydrogens is 144 g/mol. The largest absolute Gasteiger partial charge is 0.492 e. The normalized spacial score (nSPS) is 17.6. The predicted octanol–water partition coefficient (Wildman–Crippen LogP) is 0.615. The van der Waals surface area contributed by atoms with Gasteiger partial charge in [0.15, 0.2) is 5.76 Å². The first-order valence-electron chi connectivity index (χ1n) is 3.18. The van der Waals surface area contributed by atoms with Gasteiger partial charge < -0.3 is 4.74 Å². The third-order valence-corrected chi connectivity index (χ3v) is 1.48. The Bertz CT molecular complexity index is 271. The molecule has 0 aromatic heterocycles. The van der Waals surface area contributed by atoms with Crippen molar-refractivity contribution in [3.8, 4) is 0 Å². The molecule has 0 saturated carbocycles. The van der Waals surface area contributed by atoms with Crippen LogP contribution in [0.15, 0.2) is 23.5 Å². The van der Waals surface area contributed by atoms with E-state index >= 15 is 0 Å². The number of rotatable bonds is 1. The lowest BCUT2D eigenvalue weighted by Crippen LogP contribution is -2.19. The number of allylic oxidation sites excluding steroid dienone is 4. The number of ether oxygens (including phenoxy) is 1. The van der Waals surface area contributed by atoms with Crippen LogP contribution in [0.5, 0.6) is 0 Å². The van der Waals surface area contributed by atoms with E-state index in [9.17, 15) is 9.59 Å². The van der Waals surface area contributed by atoms with E-state index in [1.54, 1.807) is 13.0 Å². The van der Waals surface area contributed by atoms with E-state index in [1.165, 1.54) is 13.2 Å². The summed E-state index contributed by atoms with van der Waals surface area (Å²) in [5, 5.41) is 0. The smallest absolute Gasteiger partial charge is 0.267 e. The van der Waals surface area contributed by atoms with Gasteiger partial charge in [-0.1, -0.05) is 6.08 Å². The molecule has 1 aliphatic rings. The van der Waals surface area contributed by atoms with E-state index < -0.39 is 11.6 Å².